The quantitative estimate of drug-likeness (QED) is 0.701. The molecule has 0 aliphatic rings. The van der Waals surface area contributed by atoms with Crippen LogP contribution in [0.25, 0.3) is 10.9 Å². The number of methoxy groups -OCH3 is 2. The predicted molar refractivity (Wildman–Crippen MR) is 95.5 cm³/mol. The molecule has 0 saturated heterocycles. The Morgan fingerprint density at radius 1 is 1.08 bits per heavy atom. The number of rotatable bonds is 5. The molecule has 1 heterocycles. The second-order valence-electron chi connectivity index (χ2n) is 5.60. The summed E-state index contributed by atoms with van der Waals surface area (Å²) in [5.41, 5.74) is 3.74. The van der Waals surface area contributed by atoms with E-state index in [0.717, 1.165) is 22.0 Å². The number of H-pyrrole nitrogens is 1. The Kier molecular flexibility index (Phi) is 4.42. The molecule has 0 radical (unpaired) electrons. The Morgan fingerprint density at radius 3 is 2.62 bits per heavy atom. The van der Waals surface area contributed by atoms with E-state index in [1.54, 1.807) is 20.4 Å². The van der Waals surface area contributed by atoms with E-state index in [1.807, 2.05) is 43.3 Å². The van der Waals surface area contributed by atoms with Gasteiger partial charge in [-0.25, -0.2) is 0 Å². The molecule has 0 saturated carbocycles. The summed E-state index contributed by atoms with van der Waals surface area (Å²) in [6.07, 6.45) is 1.69. The van der Waals surface area contributed by atoms with Gasteiger partial charge in [0.25, 0.3) is 0 Å². The normalized spacial score (nSPS) is 11.3. The summed E-state index contributed by atoms with van der Waals surface area (Å²) in [5, 5.41) is 11.0. The number of ether oxygens (including phenoxy) is 2. The van der Waals surface area contributed by atoms with Gasteiger partial charge in [0, 0.05) is 17.1 Å². The van der Waals surface area contributed by atoms with Crippen molar-refractivity contribution in [2.24, 2.45) is 4.99 Å². The van der Waals surface area contributed by atoms with E-state index in [9.17, 15) is 5.11 Å². The van der Waals surface area contributed by atoms with Crippen LogP contribution in [0.2, 0.25) is 0 Å². The summed E-state index contributed by atoms with van der Waals surface area (Å²) < 4.78 is 10.5. The van der Waals surface area contributed by atoms with E-state index < -0.39 is 0 Å². The third kappa shape index (κ3) is 3.06. The Labute approximate surface area is 140 Å². The molecule has 0 spiro atoms. The zero-order valence-corrected chi connectivity index (χ0v) is 14.0. The summed E-state index contributed by atoms with van der Waals surface area (Å²) in [7, 11) is 3.22. The smallest absolute Gasteiger partial charge is 0.198 e. The number of hydrogen-bond donors (Lipinski definition) is 2. The molecule has 0 amide bonds. The van der Waals surface area contributed by atoms with Crippen LogP contribution in [0.4, 0.5) is 0 Å². The van der Waals surface area contributed by atoms with Crippen molar-refractivity contribution >= 4 is 17.1 Å². The number of aryl methyl sites for hydroxylation is 1. The van der Waals surface area contributed by atoms with Gasteiger partial charge in [-0.05, 0) is 36.2 Å². The van der Waals surface area contributed by atoms with Crippen molar-refractivity contribution < 1.29 is 14.6 Å². The molecule has 1 aromatic heterocycles. The zero-order valence-electron chi connectivity index (χ0n) is 14.0. The highest BCUT2D eigenvalue weighted by Gasteiger charge is 2.09. The molecule has 0 aliphatic carbocycles. The van der Waals surface area contributed by atoms with Crippen LogP contribution in [-0.4, -0.2) is 30.5 Å². The number of hydrogen-bond acceptors (Lipinski definition) is 4. The van der Waals surface area contributed by atoms with Gasteiger partial charge in [-0.15, -0.1) is 0 Å². The largest absolute Gasteiger partial charge is 0.494 e. The summed E-state index contributed by atoms with van der Waals surface area (Å²) in [4.78, 5) is 7.42. The monoisotopic (exact) mass is 324 g/mol. The van der Waals surface area contributed by atoms with Crippen LogP contribution in [-0.2, 0) is 6.54 Å². The molecule has 5 nitrogen and oxygen atoms in total. The summed E-state index contributed by atoms with van der Waals surface area (Å²) in [6.45, 7) is 2.50. The van der Waals surface area contributed by atoms with Gasteiger partial charge in [0.15, 0.2) is 17.4 Å². The van der Waals surface area contributed by atoms with E-state index in [1.165, 1.54) is 0 Å². The maximum absolute atomic E-state index is 10.1. The van der Waals surface area contributed by atoms with E-state index >= 15 is 0 Å². The minimum absolute atomic E-state index is 0.131. The molecular weight excluding hydrogens is 304 g/mol. The molecule has 0 aliphatic heterocycles. The van der Waals surface area contributed by atoms with Gasteiger partial charge < -0.3 is 19.6 Å². The third-order valence-electron chi connectivity index (χ3n) is 3.92. The van der Waals surface area contributed by atoms with Gasteiger partial charge in [0.2, 0.25) is 0 Å². The average molecular weight is 324 g/mol. The first-order chi connectivity index (χ1) is 11.6. The second kappa shape index (κ2) is 6.66. The number of aliphatic imine (C=N–C) groups is 1. The van der Waals surface area contributed by atoms with E-state index in [2.05, 4.69) is 9.98 Å². The van der Waals surface area contributed by atoms with E-state index in [4.69, 9.17) is 9.47 Å². The number of aromatic hydroxyl groups is 1. The van der Waals surface area contributed by atoms with Gasteiger partial charge in [-0.1, -0.05) is 18.2 Å². The van der Waals surface area contributed by atoms with Crippen molar-refractivity contribution in [2.45, 2.75) is 13.5 Å². The number of nitrogens with one attached hydrogen (secondary N) is 1. The number of nitrogens with zero attached hydrogens (tertiary/aromatic N) is 1. The summed E-state index contributed by atoms with van der Waals surface area (Å²) in [5.74, 6) is 1.50. The molecule has 2 aromatic carbocycles. The van der Waals surface area contributed by atoms with Crippen LogP contribution in [0.15, 0.2) is 41.4 Å². The lowest BCUT2D eigenvalue weighted by Gasteiger charge is -2.08. The van der Waals surface area contributed by atoms with Gasteiger partial charge in [0.1, 0.15) is 0 Å². The fourth-order valence-electron chi connectivity index (χ4n) is 2.67. The number of fused-ring (bicyclic) bond motifs is 1. The van der Waals surface area contributed by atoms with Crippen LogP contribution in [0.1, 0.15) is 16.7 Å². The predicted octanol–water partition coefficient (Wildman–Crippen LogP) is 3.82. The second-order valence-corrected chi connectivity index (χ2v) is 5.60. The minimum Gasteiger partial charge on any atom is -0.494 e. The molecule has 3 aromatic rings. The lowest BCUT2D eigenvalue weighted by molar-refractivity contribution is 0.354. The van der Waals surface area contributed by atoms with Gasteiger partial charge >= 0.3 is 0 Å². The maximum Gasteiger partial charge on any atom is 0.198 e. The topological polar surface area (TPSA) is 66.8 Å². The van der Waals surface area contributed by atoms with Crippen molar-refractivity contribution in [3.05, 3.63) is 53.1 Å². The summed E-state index contributed by atoms with van der Waals surface area (Å²) >= 11 is 0. The van der Waals surface area contributed by atoms with Crippen LogP contribution >= 0.6 is 0 Å². The van der Waals surface area contributed by atoms with Crippen molar-refractivity contribution in [3.63, 3.8) is 0 Å². The standard InChI is InChI=1S/C19H20N2O3/c1-12-4-6-14-15(19(22)21-16(14)8-12)11-20-10-13-5-7-17(23-2)18(9-13)24-3/h4-9,11,21-22H,10H2,1-3H3. The summed E-state index contributed by atoms with van der Waals surface area (Å²) in [6, 6.07) is 11.7. The van der Waals surface area contributed by atoms with Crippen molar-refractivity contribution in [3.8, 4) is 17.4 Å². The van der Waals surface area contributed by atoms with Crippen LogP contribution in [0.3, 0.4) is 0 Å². The molecule has 0 atom stereocenters. The Morgan fingerprint density at radius 2 is 1.88 bits per heavy atom. The van der Waals surface area contributed by atoms with E-state index in [0.29, 0.717) is 23.6 Å². The molecule has 3 rings (SSSR count). The highest BCUT2D eigenvalue weighted by atomic mass is 16.5. The van der Waals surface area contributed by atoms with Gasteiger partial charge in [-0.3, -0.25) is 4.99 Å². The molecule has 124 valence electrons. The first-order valence-electron chi connectivity index (χ1n) is 7.64. The maximum atomic E-state index is 10.1. The van der Waals surface area contributed by atoms with Crippen molar-refractivity contribution in [1.82, 2.24) is 4.98 Å². The molecule has 24 heavy (non-hydrogen) atoms. The average Bonchev–Trinajstić information content (AvgIpc) is 2.89. The SMILES string of the molecule is COc1ccc(CN=Cc2c(O)[nH]c3cc(C)ccc23)cc1OC. The highest BCUT2D eigenvalue weighted by Crippen LogP contribution is 2.28. The van der Waals surface area contributed by atoms with Gasteiger partial charge in [0.05, 0.1) is 26.3 Å². The Balaban J connectivity index is 1.83. The Hall–Kier alpha value is -2.95. The number of aromatic nitrogens is 1. The number of aromatic amines is 1. The fraction of sp³-hybridized carbons (Fsp3) is 0.211. The third-order valence-corrected chi connectivity index (χ3v) is 3.92. The first kappa shape index (κ1) is 15.9. The number of benzene rings is 2. The van der Waals surface area contributed by atoms with Crippen LogP contribution in [0.5, 0.6) is 17.4 Å². The Bertz CT molecular complexity index is 897. The molecule has 0 fully saturated rings. The first-order valence-corrected chi connectivity index (χ1v) is 7.64. The lowest BCUT2D eigenvalue weighted by atomic mass is 10.1. The molecule has 5 heteroatoms. The van der Waals surface area contributed by atoms with Crippen LogP contribution < -0.4 is 9.47 Å². The lowest BCUT2D eigenvalue weighted by Crippen LogP contribution is -1.92. The van der Waals surface area contributed by atoms with Crippen LogP contribution in [0, 0.1) is 6.92 Å². The fourth-order valence-corrected chi connectivity index (χ4v) is 2.67. The highest BCUT2D eigenvalue weighted by molar-refractivity contribution is 6.02. The zero-order chi connectivity index (χ0) is 17.1. The molecular formula is C19H20N2O3. The van der Waals surface area contributed by atoms with E-state index in [-0.39, 0.29) is 5.88 Å². The molecule has 0 bridgehead atoms. The minimum atomic E-state index is 0.131. The van der Waals surface area contributed by atoms with Crippen molar-refractivity contribution in [2.75, 3.05) is 14.2 Å². The van der Waals surface area contributed by atoms with Crippen molar-refractivity contribution in [1.29, 1.82) is 0 Å². The molecule has 2 N–H and O–H groups in total. The van der Waals surface area contributed by atoms with Gasteiger partial charge in [-0.2, -0.15) is 0 Å². The molecule has 0 unspecified atom stereocenters.